The average molecular weight is 482 g/mol. The molecule has 0 radical (unpaired) electrons. The van der Waals surface area contributed by atoms with Gasteiger partial charge in [0.1, 0.15) is 18.3 Å². The van der Waals surface area contributed by atoms with E-state index >= 15 is 0 Å². The lowest BCUT2D eigenvalue weighted by atomic mass is 9.82. The first-order chi connectivity index (χ1) is 15.9. The molecule has 3 aliphatic rings. The van der Waals surface area contributed by atoms with E-state index in [0.29, 0.717) is 6.07 Å². The van der Waals surface area contributed by atoms with Crippen molar-refractivity contribution in [2.75, 3.05) is 6.61 Å². The Balaban J connectivity index is 2.17. The molecule has 0 saturated carbocycles. The Morgan fingerprint density at radius 1 is 0.794 bits per heavy atom. The number of aromatic hydroxyl groups is 6. The van der Waals surface area contributed by atoms with Gasteiger partial charge in [-0.1, -0.05) is 0 Å². The molecule has 2 aromatic rings. The summed E-state index contributed by atoms with van der Waals surface area (Å²) in [5, 5.41) is 102. The van der Waals surface area contributed by atoms with E-state index in [2.05, 4.69) is 0 Å². The highest BCUT2D eigenvalue weighted by atomic mass is 16.6. The van der Waals surface area contributed by atoms with Crippen molar-refractivity contribution in [2.24, 2.45) is 0 Å². The lowest BCUT2D eigenvalue weighted by Crippen LogP contribution is -2.53. The summed E-state index contributed by atoms with van der Waals surface area (Å²) in [5.74, 6) is -10.2. The minimum absolute atomic E-state index is 0.575. The minimum atomic E-state index is -2.18. The highest BCUT2D eigenvalue weighted by Crippen LogP contribution is 2.57. The molecule has 14 heteroatoms. The van der Waals surface area contributed by atoms with Crippen LogP contribution >= 0.6 is 0 Å². The Hall–Kier alpha value is -3.98. The number of esters is 2. The van der Waals surface area contributed by atoms with Crippen molar-refractivity contribution in [3.05, 3.63) is 22.8 Å². The Kier molecular flexibility index (Phi) is 5.32. The molecule has 5 atom stereocenters. The molecule has 0 amide bonds. The number of hydrogen-bond acceptors (Lipinski definition) is 14. The largest absolute Gasteiger partial charge is 0.504 e. The summed E-state index contributed by atoms with van der Waals surface area (Å²) in [6.45, 7) is -1.06. The van der Waals surface area contributed by atoms with E-state index in [4.69, 9.17) is 9.47 Å². The predicted octanol–water partition coefficient (Wildman–Crippen LogP) is -1.59. The van der Waals surface area contributed by atoms with Gasteiger partial charge in [-0.3, -0.25) is 0 Å². The number of rotatable bonds is 3. The summed E-state index contributed by atoms with van der Waals surface area (Å²) in [7, 11) is 0. The highest BCUT2D eigenvalue weighted by molar-refractivity contribution is 6.10. The molecule has 10 N–H and O–H groups in total. The second-order valence-electron chi connectivity index (χ2n) is 7.65. The van der Waals surface area contributed by atoms with Crippen LogP contribution in [-0.4, -0.2) is 94.0 Å². The molecule has 0 spiro atoms. The van der Waals surface area contributed by atoms with Gasteiger partial charge in [-0.2, -0.15) is 0 Å². The van der Waals surface area contributed by atoms with Gasteiger partial charge in [0.2, 0.25) is 11.5 Å². The van der Waals surface area contributed by atoms with Crippen LogP contribution < -0.4 is 0 Å². The van der Waals surface area contributed by atoms with Crippen molar-refractivity contribution in [2.45, 2.75) is 30.5 Å². The van der Waals surface area contributed by atoms with Crippen LogP contribution in [0.4, 0.5) is 0 Å². The van der Waals surface area contributed by atoms with Gasteiger partial charge in [-0.15, -0.1) is 0 Å². The number of hydrogen-bond donors (Lipinski definition) is 10. The smallest absolute Gasteiger partial charge is 0.339 e. The molecule has 3 heterocycles. The molecular formula is C20H18O14. The quantitative estimate of drug-likeness (QED) is 0.175. The van der Waals surface area contributed by atoms with Crippen LogP contribution in [0.15, 0.2) is 6.07 Å². The Morgan fingerprint density at radius 3 is 2.03 bits per heavy atom. The van der Waals surface area contributed by atoms with Gasteiger partial charge in [-0.25, -0.2) is 9.59 Å². The van der Waals surface area contributed by atoms with Crippen molar-refractivity contribution >= 4 is 11.9 Å². The molecule has 14 nitrogen and oxygen atoms in total. The summed E-state index contributed by atoms with van der Waals surface area (Å²) in [4.78, 5) is 25.9. The molecule has 5 rings (SSSR count). The number of fused-ring (bicyclic) bond motifs is 3. The Labute approximate surface area is 188 Å². The first-order valence-electron chi connectivity index (χ1n) is 9.58. The third kappa shape index (κ3) is 3.04. The average Bonchev–Trinajstić information content (AvgIpc) is 2.80. The molecule has 4 bridgehead atoms. The maximum absolute atomic E-state index is 13.0. The maximum atomic E-state index is 13.0. The molecule has 0 aliphatic carbocycles. The fourth-order valence-electron chi connectivity index (χ4n) is 4.03. The molecule has 0 aromatic heterocycles. The van der Waals surface area contributed by atoms with Gasteiger partial charge < -0.3 is 60.5 Å². The first-order valence-corrected chi connectivity index (χ1v) is 9.58. The van der Waals surface area contributed by atoms with Crippen LogP contribution in [0.1, 0.15) is 32.4 Å². The molecule has 5 unspecified atom stereocenters. The fraction of sp³-hybridized carbons (Fsp3) is 0.300. The van der Waals surface area contributed by atoms with E-state index in [0.717, 1.165) is 0 Å². The highest BCUT2D eigenvalue weighted by Gasteiger charge is 2.51. The number of carbonyl (C=O) groups excluding carboxylic acids is 2. The second-order valence-corrected chi connectivity index (χ2v) is 7.65. The Bertz CT molecular complexity index is 1220. The zero-order chi connectivity index (χ0) is 25.2. The standard InChI is InChI=1S/C20H18O14/c21-2-5(23)11(25)17-18-15(29)9-8(20(32)34-18)7(13(27)16(30)14(9)28)6-3(19(31)33-17)1-4(22)10(24)12(6)26/h1,5,11,15,17-18,21-30H,2H2. The fourth-order valence-corrected chi connectivity index (χ4v) is 4.03. The van der Waals surface area contributed by atoms with Crippen molar-refractivity contribution in [1.82, 2.24) is 0 Å². The number of phenols is 6. The summed E-state index contributed by atoms with van der Waals surface area (Å²) in [6, 6.07) is 0.575. The number of aliphatic hydroxyl groups excluding tert-OH is 4. The first kappa shape index (κ1) is 23.2. The SMILES string of the molecule is O=C1OC(C(O)C(O)CO)C2OC(=O)c3c(c(O)c(O)c(O)c3C2O)-c2c1cc(O)c(O)c2O. The Morgan fingerprint density at radius 2 is 1.41 bits per heavy atom. The van der Waals surface area contributed by atoms with E-state index in [-0.39, 0.29) is 0 Å². The third-order valence-corrected chi connectivity index (χ3v) is 5.72. The molecular weight excluding hydrogens is 464 g/mol. The zero-order valence-corrected chi connectivity index (χ0v) is 16.8. The number of benzene rings is 2. The zero-order valence-electron chi connectivity index (χ0n) is 16.8. The number of carbonyl (C=O) groups is 2. The predicted molar refractivity (Wildman–Crippen MR) is 104 cm³/mol. The van der Waals surface area contributed by atoms with Crippen LogP contribution in [0.3, 0.4) is 0 Å². The summed E-state index contributed by atoms with van der Waals surface area (Å²) >= 11 is 0. The second kappa shape index (κ2) is 7.81. The van der Waals surface area contributed by atoms with Crippen LogP contribution in [0.25, 0.3) is 11.1 Å². The number of aliphatic hydroxyl groups is 4. The van der Waals surface area contributed by atoms with Crippen molar-refractivity contribution in [3.63, 3.8) is 0 Å². The van der Waals surface area contributed by atoms with Gasteiger partial charge in [0.25, 0.3) is 0 Å². The van der Waals surface area contributed by atoms with Gasteiger partial charge in [0, 0.05) is 16.7 Å². The number of phenolic OH excluding ortho intramolecular Hbond substituents is 6. The van der Waals surface area contributed by atoms with E-state index in [1.54, 1.807) is 0 Å². The van der Waals surface area contributed by atoms with Crippen LogP contribution in [0.2, 0.25) is 0 Å². The van der Waals surface area contributed by atoms with Crippen molar-refractivity contribution in [3.8, 4) is 45.6 Å². The monoisotopic (exact) mass is 482 g/mol. The lowest BCUT2D eigenvalue weighted by molar-refractivity contribution is -0.150. The van der Waals surface area contributed by atoms with Crippen LogP contribution in [0.5, 0.6) is 34.5 Å². The molecule has 3 aliphatic heterocycles. The molecule has 0 fully saturated rings. The van der Waals surface area contributed by atoms with Gasteiger partial charge >= 0.3 is 11.9 Å². The van der Waals surface area contributed by atoms with E-state index in [1.807, 2.05) is 0 Å². The topological polar surface area (TPSA) is 255 Å². The van der Waals surface area contributed by atoms with Gasteiger partial charge in [0.05, 0.1) is 17.7 Å². The maximum Gasteiger partial charge on any atom is 0.339 e. The van der Waals surface area contributed by atoms with Crippen LogP contribution in [0, 0.1) is 0 Å². The van der Waals surface area contributed by atoms with E-state index in [1.165, 1.54) is 0 Å². The van der Waals surface area contributed by atoms with E-state index in [9.17, 15) is 60.7 Å². The lowest BCUT2D eigenvalue weighted by Gasteiger charge is -2.39. The van der Waals surface area contributed by atoms with Crippen molar-refractivity contribution < 1.29 is 70.1 Å². The minimum Gasteiger partial charge on any atom is -0.504 e. The third-order valence-electron chi connectivity index (χ3n) is 5.72. The van der Waals surface area contributed by atoms with Crippen LogP contribution in [-0.2, 0) is 9.47 Å². The number of ether oxygens (including phenoxy) is 2. The summed E-state index contributed by atoms with van der Waals surface area (Å²) in [6.07, 6.45) is -10.4. The molecule has 0 saturated heterocycles. The van der Waals surface area contributed by atoms with E-state index < -0.39 is 111 Å². The van der Waals surface area contributed by atoms with Gasteiger partial charge in [-0.05, 0) is 6.07 Å². The molecule has 2 aromatic carbocycles. The molecule has 182 valence electrons. The molecule has 34 heavy (non-hydrogen) atoms. The van der Waals surface area contributed by atoms with Gasteiger partial charge in [0.15, 0.2) is 35.2 Å². The van der Waals surface area contributed by atoms with Crippen molar-refractivity contribution in [1.29, 1.82) is 0 Å². The summed E-state index contributed by atoms with van der Waals surface area (Å²) in [5.41, 5.74) is -4.13. The summed E-state index contributed by atoms with van der Waals surface area (Å²) < 4.78 is 10.2. The normalized spacial score (nSPS) is 23.0.